The van der Waals surface area contributed by atoms with Crippen molar-refractivity contribution in [3.05, 3.63) is 21.8 Å². The maximum Gasteiger partial charge on any atom is 0.236 e. The van der Waals surface area contributed by atoms with Gasteiger partial charge in [-0.25, -0.2) is 0 Å². The van der Waals surface area contributed by atoms with E-state index in [4.69, 9.17) is 15.0 Å². The highest BCUT2D eigenvalue weighted by molar-refractivity contribution is 9.10. The topological polar surface area (TPSA) is 74.2 Å². The summed E-state index contributed by atoms with van der Waals surface area (Å²) in [6.07, 6.45) is 0. The van der Waals surface area contributed by atoms with Crippen LogP contribution in [0.2, 0.25) is 0 Å². The normalized spacial score (nSPS) is 27.8. The van der Waals surface area contributed by atoms with Gasteiger partial charge in [0.1, 0.15) is 0 Å². The molecular weight excluding hydrogens is 318 g/mol. The Kier molecular flexibility index (Phi) is 3.01. The quantitative estimate of drug-likeness (QED) is 0.913. The fourth-order valence-corrected chi connectivity index (χ4v) is 3.25. The summed E-state index contributed by atoms with van der Waals surface area (Å²) >= 11 is 4.97. The summed E-state index contributed by atoms with van der Waals surface area (Å²) in [5, 5.41) is 6.00. The van der Waals surface area contributed by atoms with E-state index in [9.17, 15) is 0 Å². The van der Waals surface area contributed by atoms with E-state index in [1.807, 2.05) is 18.4 Å². The standard InChI is InChI=1S/C11H12BrN3O2S/c1-11(5-16-3-8(11)13)10-14-9(15-17-10)7-2-6(12)4-18-7/h2,4,8H,3,5,13H2,1H3. The van der Waals surface area contributed by atoms with Crippen LogP contribution in [0.4, 0.5) is 0 Å². The molecule has 1 saturated heterocycles. The second-order valence-corrected chi connectivity index (χ2v) is 6.42. The first kappa shape index (κ1) is 12.3. The smallest absolute Gasteiger partial charge is 0.236 e. The maximum absolute atomic E-state index is 6.04. The Morgan fingerprint density at radius 1 is 1.61 bits per heavy atom. The SMILES string of the molecule is CC1(c2nc(-c3cc(Br)cs3)no2)COCC1N. The lowest BCUT2D eigenvalue weighted by molar-refractivity contribution is 0.169. The molecule has 7 heteroatoms. The number of aromatic nitrogens is 2. The summed E-state index contributed by atoms with van der Waals surface area (Å²) in [4.78, 5) is 5.42. The van der Waals surface area contributed by atoms with E-state index in [2.05, 4.69) is 26.1 Å². The second-order valence-electron chi connectivity index (χ2n) is 4.59. The molecule has 3 heterocycles. The molecule has 0 bridgehead atoms. The van der Waals surface area contributed by atoms with Crippen molar-refractivity contribution < 1.29 is 9.26 Å². The van der Waals surface area contributed by atoms with E-state index in [-0.39, 0.29) is 11.5 Å². The third kappa shape index (κ3) is 1.91. The van der Waals surface area contributed by atoms with Gasteiger partial charge in [0, 0.05) is 15.9 Å². The molecule has 96 valence electrons. The Balaban J connectivity index is 1.94. The minimum Gasteiger partial charge on any atom is -0.379 e. The van der Waals surface area contributed by atoms with Gasteiger partial charge in [-0.1, -0.05) is 5.16 Å². The van der Waals surface area contributed by atoms with Crippen molar-refractivity contribution in [3.63, 3.8) is 0 Å². The predicted octanol–water partition coefficient (Wildman–Crippen LogP) is 2.18. The molecular formula is C11H12BrN3O2S. The molecule has 0 saturated carbocycles. The van der Waals surface area contributed by atoms with Crippen LogP contribution < -0.4 is 5.73 Å². The predicted molar refractivity (Wildman–Crippen MR) is 71.5 cm³/mol. The number of hydrogen-bond acceptors (Lipinski definition) is 6. The minimum atomic E-state index is -0.389. The first-order valence-electron chi connectivity index (χ1n) is 5.51. The van der Waals surface area contributed by atoms with Gasteiger partial charge < -0.3 is 15.0 Å². The fraction of sp³-hybridized carbons (Fsp3) is 0.455. The van der Waals surface area contributed by atoms with E-state index in [0.29, 0.717) is 24.9 Å². The number of thiophene rings is 1. The zero-order chi connectivity index (χ0) is 12.8. The molecule has 2 aromatic rings. The highest BCUT2D eigenvalue weighted by atomic mass is 79.9. The number of ether oxygens (including phenoxy) is 1. The summed E-state index contributed by atoms with van der Waals surface area (Å²) in [6, 6.07) is 1.85. The van der Waals surface area contributed by atoms with Crippen LogP contribution in [0.15, 0.2) is 20.4 Å². The average Bonchev–Trinajstić information content (AvgIpc) is 3.01. The van der Waals surface area contributed by atoms with Gasteiger partial charge in [0.05, 0.1) is 23.5 Å². The van der Waals surface area contributed by atoms with E-state index in [1.165, 1.54) is 0 Å². The lowest BCUT2D eigenvalue weighted by atomic mass is 9.86. The van der Waals surface area contributed by atoms with Gasteiger partial charge in [0.15, 0.2) is 0 Å². The molecule has 2 N–H and O–H groups in total. The zero-order valence-electron chi connectivity index (χ0n) is 9.72. The van der Waals surface area contributed by atoms with E-state index in [1.54, 1.807) is 11.3 Å². The third-order valence-corrected chi connectivity index (χ3v) is 4.91. The number of rotatable bonds is 2. The van der Waals surface area contributed by atoms with Crippen LogP contribution in [0.5, 0.6) is 0 Å². The fourth-order valence-electron chi connectivity index (χ4n) is 1.90. The Morgan fingerprint density at radius 3 is 3.06 bits per heavy atom. The van der Waals surface area contributed by atoms with Crippen molar-refractivity contribution in [1.29, 1.82) is 0 Å². The van der Waals surface area contributed by atoms with Crippen molar-refractivity contribution in [2.45, 2.75) is 18.4 Å². The molecule has 5 nitrogen and oxygen atoms in total. The molecule has 1 aliphatic heterocycles. The van der Waals surface area contributed by atoms with Gasteiger partial charge in [0.25, 0.3) is 0 Å². The highest BCUT2D eigenvalue weighted by Crippen LogP contribution is 2.33. The Bertz CT molecular complexity index is 570. The van der Waals surface area contributed by atoms with Gasteiger partial charge in [0.2, 0.25) is 11.7 Å². The molecule has 0 spiro atoms. The van der Waals surface area contributed by atoms with E-state index >= 15 is 0 Å². The molecule has 2 unspecified atom stereocenters. The van der Waals surface area contributed by atoms with Crippen LogP contribution in [0, 0.1) is 0 Å². The summed E-state index contributed by atoms with van der Waals surface area (Å²) < 4.78 is 11.8. The number of halogens is 1. The van der Waals surface area contributed by atoms with Gasteiger partial charge >= 0.3 is 0 Å². The maximum atomic E-state index is 6.04. The third-order valence-electron chi connectivity index (χ3n) is 3.22. The number of nitrogens with two attached hydrogens (primary N) is 1. The first-order chi connectivity index (χ1) is 8.59. The van der Waals surface area contributed by atoms with Crippen molar-refractivity contribution >= 4 is 27.3 Å². The molecule has 0 amide bonds. The molecule has 3 rings (SSSR count). The molecule has 0 aromatic carbocycles. The molecule has 18 heavy (non-hydrogen) atoms. The molecule has 0 radical (unpaired) electrons. The van der Waals surface area contributed by atoms with E-state index < -0.39 is 0 Å². The van der Waals surface area contributed by atoms with Gasteiger partial charge in [-0.05, 0) is 28.9 Å². The van der Waals surface area contributed by atoms with Crippen LogP contribution >= 0.6 is 27.3 Å². The van der Waals surface area contributed by atoms with Gasteiger partial charge in [-0.3, -0.25) is 0 Å². The summed E-state index contributed by atoms with van der Waals surface area (Å²) in [5.41, 5.74) is 5.65. The molecule has 0 aliphatic carbocycles. The van der Waals surface area contributed by atoms with Gasteiger partial charge in [-0.15, -0.1) is 11.3 Å². The highest BCUT2D eigenvalue weighted by Gasteiger charge is 2.44. The lowest BCUT2D eigenvalue weighted by Gasteiger charge is -2.21. The molecule has 2 aromatic heterocycles. The van der Waals surface area contributed by atoms with Crippen molar-refractivity contribution in [1.82, 2.24) is 10.1 Å². The van der Waals surface area contributed by atoms with Crippen molar-refractivity contribution in [3.8, 4) is 10.7 Å². The summed E-state index contributed by atoms with van der Waals surface area (Å²) in [7, 11) is 0. The minimum absolute atomic E-state index is 0.110. The van der Waals surface area contributed by atoms with Crippen LogP contribution in [-0.2, 0) is 10.2 Å². The monoisotopic (exact) mass is 329 g/mol. The van der Waals surface area contributed by atoms with E-state index in [0.717, 1.165) is 9.35 Å². The van der Waals surface area contributed by atoms with Crippen LogP contribution in [0.25, 0.3) is 10.7 Å². The first-order valence-corrected chi connectivity index (χ1v) is 7.19. The van der Waals surface area contributed by atoms with Gasteiger partial charge in [-0.2, -0.15) is 4.98 Å². The van der Waals surface area contributed by atoms with Crippen molar-refractivity contribution in [2.75, 3.05) is 13.2 Å². The summed E-state index contributed by atoms with van der Waals surface area (Å²) in [6.45, 7) is 3.04. The molecule has 2 atom stereocenters. The average molecular weight is 330 g/mol. The Hall–Kier alpha value is -0.760. The number of hydrogen-bond donors (Lipinski definition) is 1. The van der Waals surface area contributed by atoms with Crippen LogP contribution in [0.1, 0.15) is 12.8 Å². The molecule has 1 aliphatic rings. The number of nitrogens with zero attached hydrogens (tertiary/aromatic N) is 2. The lowest BCUT2D eigenvalue weighted by Crippen LogP contribution is -2.42. The molecule has 1 fully saturated rings. The van der Waals surface area contributed by atoms with Crippen LogP contribution in [-0.4, -0.2) is 29.4 Å². The Labute approximate surface area is 116 Å². The Morgan fingerprint density at radius 2 is 2.44 bits per heavy atom. The second kappa shape index (κ2) is 4.41. The zero-order valence-corrected chi connectivity index (χ0v) is 12.1. The largest absolute Gasteiger partial charge is 0.379 e. The summed E-state index contributed by atoms with van der Waals surface area (Å²) in [5.74, 6) is 1.15. The van der Waals surface area contributed by atoms with Crippen LogP contribution in [0.3, 0.4) is 0 Å². The van der Waals surface area contributed by atoms with Crippen molar-refractivity contribution in [2.24, 2.45) is 5.73 Å².